The first-order valence-corrected chi connectivity index (χ1v) is 5.64. The Bertz CT molecular complexity index is 455. The third-order valence-corrected chi connectivity index (χ3v) is 2.64. The lowest BCUT2D eigenvalue weighted by Gasteiger charge is -2.26. The van der Waals surface area contributed by atoms with Crippen LogP contribution in [0, 0.1) is 0 Å². The van der Waals surface area contributed by atoms with E-state index in [1.165, 1.54) is 17.0 Å². The van der Waals surface area contributed by atoms with E-state index in [4.69, 9.17) is 4.74 Å². The summed E-state index contributed by atoms with van der Waals surface area (Å²) in [7, 11) is 0. The molecule has 18 heavy (non-hydrogen) atoms. The van der Waals surface area contributed by atoms with Gasteiger partial charge in [0, 0.05) is 13.1 Å². The first-order valence-electron chi connectivity index (χ1n) is 5.64. The number of rotatable bonds is 1. The van der Waals surface area contributed by atoms with E-state index >= 15 is 0 Å². The Morgan fingerprint density at radius 3 is 2.56 bits per heavy atom. The molecule has 0 spiro atoms. The monoisotopic (exact) mass is 250 g/mol. The van der Waals surface area contributed by atoms with E-state index < -0.39 is 11.8 Å². The highest BCUT2D eigenvalue weighted by atomic mass is 16.5. The fourth-order valence-electron chi connectivity index (χ4n) is 1.67. The van der Waals surface area contributed by atoms with Crippen LogP contribution in [0.4, 0.5) is 5.69 Å². The van der Waals surface area contributed by atoms with E-state index in [0.29, 0.717) is 26.3 Å². The topological polar surface area (TPSA) is 78.9 Å². The Labute approximate surface area is 104 Å². The highest BCUT2D eigenvalue weighted by Gasteiger charge is 2.24. The molecule has 6 nitrogen and oxygen atoms in total. The van der Waals surface area contributed by atoms with Crippen LogP contribution in [0.2, 0.25) is 0 Å². The number of hydrogen-bond acceptors (Lipinski definition) is 4. The maximum atomic E-state index is 11.8. The summed E-state index contributed by atoms with van der Waals surface area (Å²) in [5.41, 5.74) is 0.226. The third kappa shape index (κ3) is 2.78. The number of ether oxygens (including phenoxy) is 1. The molecule has 2 amide bonds. The highest BCUT2D eigenvalue weighted by Crippen LogP contribution is 2.21. The van der Waals surface area contributed by atoms with Crippen molar-refractivity contribution in [3.63, 3.8) is 0 Å². The Balaban J connectivity index is 1.99. The molecule has 1 fully saturated rings. The van der Waals surface area contributed by atoms with Crippen LogP contribution in [0.1, 0.15) is 0 Å². The van der Waals surface area contributed by atoms with Crippen molar-refractivity contribution in [2.24, 2.45) is 0 Å². The molecule has 0 atom stereocenters. The summed E-state index contributed by atoms with van der Waals surface area (Å²) in [6.45, 7) is 1.70. The molecule has 1 heterocycles. The maximum absolute atomic E-state index is 11.8. The van der Waals surface area contributed by atoms with Crippen molar-refractivity contribution < 1.29 is 19.4 Å². The molecule has 0 unspecified atom stereocenters. The number of benzene rings is 1. The normalized spacial score (nSPS) is 15.2. The summed E-state index contributed by atoms with van der Waals surface area (Å²) >= 11 is 0. The smallest absolute Gasteiger partial charge is 0.314 e. The molecule has 1 aromatic rings. The molecule has 0 aromatic heterocycles. The average molecular weight is 250 g/mol. The highest BCUT2D eigenvalue weighted by molar-refractivity contribution is 6.39. The van der Waals surface area contributed by atoms with Crippen LogP contribution in [-0.4, -0.2) is 48.1 Å². The van der Waals surface area contributed by atoms with Gasteiger partial charge in [0.1, 0.15) is 5.75 Å². The Kier molecular flexibility index (Phi) is 3.78. The number of phenols is 1. The SMILES string of the molecule is O=C(Nc1ccccc1O)C(=O)N1CCOCC1. The minimum atomic E-state index is -0.751. The number of anilines is 1. The fourth-order valence-corrected chi connectivity index (χ4v) is 1.67. The van der Waals surface area contributed by atoms with Gasteiger partial charge in [-0.15, -0.1) is 0 Å². The summed E-state index contributed by atoms with van der Waals surface area (Å²) in [6.07, 6.45) is 0. The zero-order valence-electron chi connectivity index (χ0n) is 9.76. The summed E-state index contributed by atoms with van der Waals surface area (Å²) in [4.78, 5) is 24.9. The second-order valence-corrected chi connectivity index (χ2v) is 3.88. The number of morpholine rings is 1. The number of aromatic hydroxyl groups is 1. The quantitative estimate of drug-likeness (QED) is 0.551. The zero-order valence-corrected chi connectivity index (χ0v) is 9.76. The van der Waals surface area contributed by atoms with Crippen molar-refractivity contribution in [3.8, 4) is 5.75 Å². The maximum Gasteiger partial charge on any atom is 0.314 e. The largest absolute Gasteiger partial charge is 0.506 e. The van der Waals surface area contributed by atoms with Gasteiger partial charge in [-0.05, 0) is 12.1 Å². The first kappa shape index (κ1) is 12.4. The van der Waals surface area contributed by atoms with Gasteiger partial charge in [-0.2, -0.15) is 0 Å². The van der Waals surface area contributed by atoms with E-state index in [-0.39, 0.29) is 11.4 Å². The van der Waals surface area contributed by atoms with Crippen molar-refractivity contribution in [2.45, 2.75) is 0 Å². The van der Waals surface area contributed by atoms with E-state index in [2.05, 4.69) is 5.32 Å². The number of nitrogens with one attached hydrogen (secondary N) is 1. The molecule has 2 rings (SSSR count). The molecule has 0 saturated carbocycles. The van der Waals surface area contributed by atoms with Gasteiger partial charge in [-0.1, -0.05) is 12.1 Å². The predicted octanol–water partition coefficient (Wildman–Crippen LogP) is 0.189. The molecule has 0 aliphatic carbocycles. The lowest BCUT2D eigenvalue weighted by Crippen LogP contribution is -2.45. The summed E-state index contributed by atoms with van der Waals surface area (Å²) in [6, 6.07) is 6.26. The van der Waals surface area contributed by atoms with Gasteiger partial charge in [0.15, 0.2) is 0 Å². The van der Waals surface area contributed by atoms with Crippen LogP contribution in [-0.2, 0) is 14.3 Å². The Morgan fingerprint density at radius 2 is 1.89 bits per heavy atom. The summed E-state index contributed by atoms with van der Waals surface area (Å²) in [5.74, 6) is -1.43. The van der Waals surface area contributed by atoms with Gasteiger partial charge in [0.2, 0.25) is 0 Å². The van der Waals surface area contributed by atoms with Crippen molar-refractivity contribution in [1.29, 1.82) is 0 Å². The second-order valence-electron chi connectivity index (χ2n) is 3.88. The van der Waals surface area contributed by atoms with E-state index in [1.54, 1.807) is 12.1 Å². The molecule has 2 N–H and O–H groups in total. The Morgan fingerprint density at radius 1 is 1.22 bits per heavy atom. The number of nitrogens with zero attached hydrogens (tertiary/aromatic N) is 1. The zero-order chi connectivity index (χ0) is 13.0. The molecule has 1 saturated heterocycles. The van der Waals surface area contributed by atoms with Crippen LogP contribution in [0.25, 0.3) is 0 Å². The van der Waals surface area contributed by atoms with Crippen molar-refractivity contribution in [1.82, 2.24) is 4.90 Å². The number of amides is 2. The van der Waals surface area contributed by atoms with Crippen LogP contribution in [0.5, 0.6) is 5.75 Å². The van der Waals surface area contributed by atoms with E-state index in [0.717, 1.165) is 0 Å². The molecule has 1 aromatic carbocycles. The number of carbonyl (C=O) groups is 2. The van der Waals surface area contributed by atoms with Crippen LogP contribution < -0.4 is 5.32 Å². The molecule has 1 aliphatic rings. The van der Waals surface area contributed by atoms with Gasteiger partial charge in [-0.3, -0.25) is 9.59 Å². The predicted molar refractivity (Wildman–Crippen MR) is 64.1 cm³/mol. The van der Waals surface area contributed by atoms with Gasteiger partial charge in [0.05, 0.1) is 18.9 Å². The lowest BCUT2D eigenvalue weighted by molar-refractivity contribution is -0.145. The van der Waals surface area contributed by atoms with Crippen LogP contribution >= 0.6 is 0 Å². The first-order chi connectivity index (χ1) is 8.68. The molecule has 96 valence electrons. The Hall–Kier alpha value is -2.08. The van der Waals surface area contributed by atoms with Gasteiger partial charge in [-0.25, -0.2) is 0 Å². The number of hydrogen-bond donors (Lipinski definition) is 2. The minimum absolute atomic E-state index is 0.0689. The second kappa shape index (κ2) is 5.50. The van der Waals surface area contributed by atoms with Crippen molar-refractivity contribution in [2.75, 3.05) is 31.6 Å². The molecule has 0 bridgehead atoms. The van der Waals surface area contributed by atoms with Gasteiger partial charge >= 0.3 is 11.8 Å². The van der Waals surface area contributed by atoms with Crippen molar-refractivity contribution in [3.05, 3.63) is 24.3 Å². The summed E-state index contributed by atoms with van der Waals surface area (Å²) in [5, 5.41) is 11.9. The average Bonchev–Trinajstić information content (AvgIpc) is 2.41. The summed E-state index contributed by atoms with van der Waals surface area (Å²) < 4.78 is 5.10. The van der Waals surface area contributed by atoms with Crippen LogP contribution in [0.15, 0.2) is 24.3 Å². The minimum Gasteiger partial charge on any atom is -0.506 e. The molecule has 6 heteroatoms. The third-order valence-electron chi connectivity index (χ3n) is 2.64. The standard InChI is InChI=1S/C12H14N2O4/c15-10-4-2-1-3-9(10)13-11(16)12(17)14-5-7-18-8-6-14/h1-4,15H,5-8H2,(H,13,16). The van der Waals surface area contributed by atoms with Crippen molar-refractivity contribution >= 4 is 17.5 Å². The van der Waals surface area contributed by atoms with E-state index in [9.17, 15) is 14.7 Å². The molecule has 0 radical (unpaired) electrons. The molecular weight excluding hydrogens is 236 g/mol. The van der Waals surface area contributed by atoms with E-state index in [1.807, 2.05) is 0 Å². The number of para-hydroxylation sites is 2. The van der Waals surface area contributed by atoms with Gasteiger partial charge in [0.25, 0.3) is 0 Å². The molecular formula is C12H14N2O4. The fraction of sp³-hybridized carbons (Fsp3) is 0.333. The number of phenolic OH excluding ortho intramolecular Hbond substituents is 1. The van der Waals surface area contributed by atoms with Gasteiger partial charge < -0.3 is 20.1 Å². The number of carbonyl (C=O) groups excluding carboxylic acids is 2. The molecule has 1 aliphatic heterocycles. The van der Waals surface area contributed by atoms with Crippen LogP contribution in [0.3, 0.4) is 0 Å². The lowest BCUT2D eigenvalue weighted by atomic mass is 10.3.